The molecule has 2 heterocycles. The molecule has 6 nitrogen and oxygen atoms in total. The highest BCUT2D eigenvalue weighted by Gasteiger charge is 2.54. The van der Waals surface area contributed by atoms with E-state index < -0.39 is 11.3 Å². The molecule has 2 atom stereocenters. The molecule has 0 radical (unpaired) electrons. The van der Waals surface area contributed by atoms with Gasteiger partial charge in [-0.15, -0.1) is 0 Å². The fraction of sp³-hybridized carbons (Fsp3) is 0.389. The van der Waals surface area contributed by atoms with Gasteiger partial charge in [-0.25, -0.2) is 0 Å². The summed E-state index contributed by atoms with van der Waals surface area (Å²) in [7, 11) is 0. The van der Waals surface area contributed by atoms with Gasteiger partial charge in [0.15, 0.2) is 5.41 Å². The third kappa shape index (κ3) is 2.03. The lowest BCUT2D eigenvalue weighted by Gasteiger charge is -2.45. The number of nitriles is 3. The molecule has 0 saturated heterocycles. The highest BCUT2D eigenvalue weighted by atomic mass is 16.3. The first-order chi connectivity index (χ1) is 11.6. The van der Waals surface area contributed by atoms with Gasteiger partial charge in [0.2, 0.25) is 0 Å². The van der Waals surface area contributed by atoms with Gasteiger partial charge in [-0.05, 0) is 23.7 Å². The Balaban J connectivity index is 2.29. The largest absolute Gasteiger partial charge is 0.472 e. The lowest BCUT2D eigenvalue weighted by molar-refractivity contribution is 0.214. The molecule has 2 aliphatic rings. The molecule has 24 heavy (non-hydrogen) atoms. The Morgan fingerprint density at radius 1 is 1.38 bits per heavy atom. The van der Waals surface area contributed by atoms with Crippen molar-refractivity contribution in [1.82, 2.24) is 4.90 Å². The third-order valence-corrected chi connectivity index (χ3v) is 5.09. The zero-order valence-corrected chi connectivity index (χ0v) is 13.4. The molecule has 120 valence electrons. The normalized spacial score (nSPS) is 25.8. The van der Waals surface area contributed by atoms with Gasteiger partial charge < -0.3 is 10.2 Å². The van der Waals surface area contributed by atoms with Crippen molar-refractivity contribution in [2.45, 2.75) is 12.8 Å². The van der Waals surface area contributed by atoms with Crippen LogP contribution in [0.15, 0.2) is 45.9 Å². The first-order valence-corrected chi connectivity index (χ1v) is 7.80. The van der Waals surface area contributed by atoms with Crippen molar-refractivity contribution in [3.8, 4) is 18.2 Å². The number of rotatable bonds is 2. The average molecular weight is 319 g/mol. The second-order valence-corrected chi connectivity index (χ2v) is 6.08. The molecule has 3 rings (SSSR count). The van der Waals surface area contributed by atoms with Crippen LogP contribution < -0.4 is 5.73 Å². The van der Waals surface area contributed by atoms with E-state index in [9.17, 15) is 15.8 Å². The van der Waals surface area contributed by atoms with Gasteiger partial charge in [-0.1, -0.05) is 13.0 Å². The fourth-order valence-electron chi connectivity index (χ4n) is 3.83. The third-order valence-electron chi connectivity index (χ3n) is 5.09. The van der Waals surface area contributed by atoms with Crippen LogP contribution in [-0.4, -0.2) is 24.5 Å². The van der Waals surface area contributed by atoms with Crippen molar-refractivity contribution in [3.63, 3.8) is 0 Å². The lowest BCUT2D eigenvalue weighted by atomic mass is 9.58. The second-order valence-electron chi connectivity index (χ2n) is 6.08. The van der Waals surface area contributed by atoms with E-state index in [4.69, 9.17) is 10.2 Å². The molecule has 0 spiro atoms. The zero-order chi connectivity index (χ0) is 17.3. The molecule has 0 unspecified atom stereocenters. The van der Waals surface area contributed by atoms with Crippen molar-refractivity contribution in [2.24, 2.45) is 17.1 Å². The second kappa shape index (κ2) is 5.89. The first-order valence-electron chi connectivity index (χ1n) is 7.80. The van der Waals surface area contributed by atoms with Gasteiger partial charge >= 0.3 is 0 Å². The van der Waals surface area contributed by atoms with Crippen LogP contribution in [0.5, 0.6) is 0 Å². The fourth-order valence-corrected chi connectivity index (χ4v) is 3.83. The molecular formula is C18H17N5O. The van der Waals surface area contributed by atoms with Gasteiger partial charge in [-0.2, -0.15) is 15.8 Å². The Morgan fingerprint density at radius 2 is 2.12 bits per heavy atom. The maximum atomic E-state index is 9.85. The molecule has 6 heteroatoms. The van der Waals surface area contributed by atoms with Crippen LogP contribution in [-0.2, 0) is 0 Å². The van der Waals surface area contributed by atoms with Crippen molar-refractivity contribution in [1.29, 1.82) is 15.8 Å². The van der Waals surface area contributed by atoms with Crippen LogP contribution in [0.2, 0.25) is 0 Å². The number of furan rings is 1. The van der Waals surface area contributed by atoms with E-state index in [0.717, 1.165) is 24.2 Å². The van der Waals surface area contributed by atoms with Crippen LogP contribution in [0.1, 0.15) is 18.4 Å². The number of allylic oxidation sites excluding steroid dienone is 2. The molecule has 0 aromatic carbocycles. The van der Waals surface area contributed by atoms with Crippen molar-refractivity contribution >= 4 is 0 Å². The van der Waals surface area contributed by atoms with E-state index in [1.54, 1.807) is 12.3 Å². The minimum Gasteiger partial charge on any atom is -0.472 e. The van der Waals surface area contributed by atoms with Crippen LogP contribution in [0.3, 0.4) is 0 Å². The topological polar surface area (TPSA) is 114 Å². The number of hydrogen-bond donors (Lipinski definition) is 1. The smallest absolute Gasteiger partial charge is 0.191 e. The Morgan fingerprint density at radius 3 is 2.67 bits per heavy atom. The van der Waals surface area contributed by atoms with Gasteiger partial charge in [0.1, 0.15) is 6.07 Å². The first kappa shape index (κ1) is 15.9. The monoisotopic (exact) mass is 319 g/mol. The summed E-state index contributed by atoms with van der Waals surface area (Å²) in [6, 6.07) is 8.09. The molecular weight excluding hydrogens is 302 g/mol. The van der Waals surface area contributed by atoms with E-state index in [-0.39, 0.29) is 17.2 Å². The van der Waals surface area contributed by atoms with Gasteiger partial charge in [0.25, 0.3) is 0 Å². The molecule has 1 aliphatic heterocycles. The summed E-state index contributed by atoms with van der Waals surface area (Å²) < 4.78 is 5.20. The van der Waals surface area contributed by atoms with E-state index in [1.165, 1.54) is 6.26 Å². The highest BCUT2D eigenvalue weighted by Crippen LogP contribution is 2.54. The molecule has 0 bridgehead atoms. The summed E-state index contributed by atoms with van der Waals surface area (Å²) in [6.45, 7) is 4.31. The molecule has 1 aliphatic carbocycles. The van der Waals surface area contributed by atoms with Crippen LogP contribution in [0, 0.1) is 45.3 Å². The lowest BCUT2D eigenvalue weighted by Crippen LogP contribution is -2.47. The maximum absolute atomic E-state index is 9.85. The van der Waals surface area contributed by atoms with E-state index in [0.29, 0.717) is 6.54 Å². The minimum atomic E-state index is -1.58. The Bertz CT molecular complexity index is 814. The molecule has 2 N–H and O–H groups in total. The van der Waals surface area contributed by atoms with Crippen LogP contribution >= 0.6 is 0 Å². The quantitative estimate of drug-likeness (QED) is 0.892. The molecule has 0 fully saturated rings. The summed E-state index contributed by atoms with van der Waals surface area (Å²) in [5, 5.41) is 29.3. The standard InChI is InChI=1S/C18H17N5O/c1-2-23-5-3-13-14(7-19)17(22)18(10-20,11-21)16(15(13)8-23)12-4-6-24-9-12/h3-4,6,9,15-16H,2,5,8,22H2,1H3/t15-,16+/m1/s1. The van der Waals surface area contributed by atoms with Gasteiger partial charge in [0.05, 0.1) is 35.9 Å². The summed E-state index contributed by atoms with van der Waals surface area (Å²) in [6.07, 6.45) is 5.08. The van der Waals surface area contributed by atoms with Crippen LogP contribution in [0.4, 0.5) is 0 Å². The SMILES string of the molecule is CCN1CC=C2C(C#N)=C(N)C(C#N)(C#N)[C@@H](c3ccoc3)[C@@H]2C1. The number of hydrogen-bond acceptors (Lipinski definition) is 6. The molecule has 0 amide bonds. The highest BCUT2D eigenvalue weighted by molar-refractivity contribution is 5.59. The number of likely N-dealkylation sites (N-methyl/N-ethyl adjacent to an activating group) is 1. The van der Waals surface area contributed by atoms with E-state index >= 15 is 0 Å². The van der Waals surface area contributed by atoms with Gasteiger partial charge in [-0.3, -0.25) is 4.90 Å². The summed E-state index contributed by atoms with van der Waals surface area (Å²) in [5.74, 6) is -0.624. The Kier molecular flexibility index (Phi) is 3.89. The number of nitrogens with two attached hydrogens (primary N) is 1. The predicted molar refractivity (Wildman–Crippen MR) is 85.6 cm³/mol. The van der Waals surface area contributed by atoms with Crippen molar-refractivity contribution in [3.05, 3.63) is 47.1 Å². The molecule has 1 aromatic rings. The van der Waals surface area contributed by atoms with Crippen LogP contribution in [0.25, 0.3) is 0 Å². The molecule has 1 aromatic heterocycles. The Labute approximate surface area is 140 Å². The molecule has 0 saturated carbocycles. The summed E-state index contributed by atoms with van der Waals surface area (Å²) in [4.78, 5) is 2.22. The predicted octanol–water partition coefficient (Wildman–Crippen LogP) is 2.02. The summed E-state index contributed by atoms with van der Waals surface area (Å²) >= 11 is 0. The minimum absolute atomic E-state index is 0.0497. The average Bonchev–Trinajstić information content (AvgIpc) is 3.14. The maximum Gasteiger partial charge on any atom is 0.191 e. The van der Waals surface area contributed by atoms with Crippen molar-refractivity contribution in [2.75, 3.05) is 19.6 Å². The van der Waals surface area contributed by atoms with Crippen molar-refractivity contribution < 1.29 is 4.42 Å². The zero-order valence-electron chi connectivity index (χ0n) is 13.4. The van der Waals surface area contributed by atoms with E-state index in [1.807, 2.05) is 6.08 Å². The van der Waals surface area contributed by atoms with Gasteiger partial charge in [0, 0.05) is 24.9 Å². The summed E-state index contributed by atoms with van der Waals surface area (Å²) in [5.41, 5.74) is 6.53. The van der Waals surface area contributed by atoms with E-state index in [2.05, 4.69) is 30.0 Å². The number of fused-ring (bicyclic) bond motifs is 1. The Hall–Kier alpha value is -3.01. The number of nitrogens with zero attached hydrogens (tertiary/aromatic N) is 4.